The van der Waals surface area contributed by atoms with Crippen molar-refractivity contribution in [1.82, 2.24) is 9.55 Å². The number of hydrogen-bond acceptors (Lipinski definition) is 2. The lowest BCUT2D eigenvalue weighted by atomic mass is 10.0. The van der Waals surface area contributed by atoms with Crippen molar-refractivity contribution in [3.8, 4) is 0 Å². The summed E-state index contributed by atoms with van der Waals surface area (Å²) in [6.07, 6.45) is 0. The highest BCUT2D eigenvalue weighted by molar-refractivity contribution is 6.16. The molecular weight excluding hydrogens is 260 g/mol. The lowest BCUT2D eigenvalue weighted by Gasteiger charge is -2.24. The summed E-state index contributed by atoms with van der Waals surface area (Å²) >= 11 is 6.07. The maximum absolute atomic E-state index is 6.07. The number of methoxy groups -OCH3 is 1. The van der Waals surface area contributed by atoms with E-state index in [2.05, 4.69) is 48.5 Å². The Bertz CT molecular complexity index is 563. The Morgan fingerprint density at radius 1 is 1.37 bits per heavy atom. The lowest BCUT2D eigenvalue weighted by Crippen LogP contribution is -2.22. The van der Waals surface area contributed by atoms with Gasteiger partial charge in [0.15, 0.2) is 0 Å². The minimum absolute atomic E-state index is 0.255. The third-order valence-electron chi connectivity index (χ3n) is 3.48. The van der Waals surface area contributed by atoms with Gasteiger partial charge in [-0.2, -0.15) is 0 Å². The fourth-order valence-corrected chi connectivity index (χ4v) is 2.64. The van der Waals surface area contributed by atoms with Gasteiger partial charge in [-0.1, -0.05) is 19.9 Å². The Morgan fingerprint density at radius 3 is 2.68 bits per heavy atom. The molecule has 0 aliphatic carbocycles. The van der Waals surface area contributed by atoms with Crippen molar-refractivity contribution in [1.29, 1.82) is 0 Å². The molecule has 0 amide bonds. The van der Waals surface area contributed by atoms with Gasteiger partial charge in [-0.3, -0.25) is 0 Å². The second kappa shape index (κ2) is 5.93. The molecule has 4 heteroatoms. The standard InChI is InChI=1S/C15H21ClN2O/c1-10(2)14(9-19-4)18-13-7-11(3)5-6-12(13)17-15(18)8-16/h5-7,10,14H,8-9H2,1-4H3. The van der Waals surface area contributed by atoms with Crippen molar-refractivity contribution in [3.63, 3.8) is 0 Å². The molecule has 0 fully saturated rings. The maximum Gasteiger partial charge on any atom is 0.125 e. The molecule has 2 rings (SSSR count). The van der Waals surface area contributed by atoms with Crippen LogP contribution in [0.15, 0.2) is 18.2 Å². The van der Waals surface area contributed by atoms with Crippen molar-refractivity contribution >= 4 is 22.6 Å². The number of hydrogen-bond donors (Lipinski definition) is 0. The van der Waals surface area contributed by atoms with Gasteiger partial charge in [-0.25, -0.2) is 4.98 Å². The van der Waals surface area contributed by atoms with E-state index in [4.69, 9.17) is 16.3 Å². The molecule has 104 valence electrons. The Kier molecular flexibility index (Phi) is 4.48. The van der Waals surface area contributed by atoms with Crippen LogP contribution in [0, 0.1) is 12.8 Å². The molecule has 0 radical (unpaired) electrons. The molecular formula is C15H21ClN2O. The maximum atomic E-state index is 6.07. The number of alkyl halides is 1. The Hall–Kier alpha value is -1.06. The molecule has 2 aromatic rings. The molecule has 0 N–H and O–H groups in total. The van der Waals surface area contributed by atoms with Gasteiger partial charge in [0.2, 0.25) is 0 Å². The molecule has 1 unspecified atom stereocenters. The van der Waals surface area contributed by atoms with E-state index in [9.17, 15) is 0 Å². The normalized spacial score (nSPS) is 13.4. The quantitative estimate of drug-likeness (QED) is 0.776. The number of benzene rings is 1. The number of fused-ring (bicyclic) bond motifs is 1. The van der Waals surface area contributed by atoms with Gasteiger partial charge in [-0.15, -0.1) is 11.6 Å². The number of ether oxygens (including phenoxy) is 1. The van der Waals surface area contributed by atoms with E-state index < -0.39 is 0 Å². The highest BCUT2D eigenvalue weighted by Gasteiger charge is 2.21. The van der Waals surface area contributed by atoms with Crippen LogP contribution in [0.3, 0.4) is 0 Å². The highest BCUT2D eigenvalue weighted by atomic mass is 35.5. The summed E-state index contributed by atoms with van der Waals surface area (Å²) in [6.45, 7) is 7.16. The van der Waals surface area contributed by atoms with Crippen LogP contribution in [0.1, 0.15) is 31.3 Å². The van der Waals surface area contributed by atoms with Crippen molar-refractivity contribution in [3.05, 3.63) is 29.6 Å². The first-order chi connectivity index (χ1) is 9.08. The monoisotopic (exact) mass is 280 g/mol. The summed E-state index contributed by atoms with van der Waals surface area (Å²) in [5.74, 6) is 1.79. The smallest absolute Gasteiger partial charge is 0.125 e. The van der Waals surface area contributed by atoms with Crippen LogP contribution >= 0.6 is 11.6 Å². The summed E-state index contributed by atoms with van der Waals surface area (Å²) in [5, 5.41) is 0. The SMILES string of the molecule is COCC(C(C)C)n1c(CCl)nc2ccc(C)cc21. The van der Waals surface area contributed by atoms with E-state index in [-0.39, 0.29) is 6.04 Å². The minimum Gasteiger partial charge on any atom is -0.383 e. The van der Waals surface area contributed by atoms with E-state index in [1.165, 1.54) is 5.56 Å². The zero-order valence-corrected chi connectivity index (χ0v) is 12.7. The zero-order valence-electron chi connectivity index (χ0n) is 12.0. The number of nitrogens with zero attached hydrogens (tertiary/aromatic N) is 2. The van der Waals surface area contributed by atoms with Crippen LogP contribution in [0.25, 0.3) is 11.0 Å². The third-order valence-corrected chi connectivity index (χ3v) is 3.72. The fraction of sp³-hybridized carbons (Fsp3) is 0.533. The second-order valence-corrected chi connectivity index (χ2v) is 5.56. The predicted molar refractivity (Wildman–Crippen MR) is 79.8 cm³/mol. The van der Waals surface area contributed by atoms with Gasteiger partial charge in [0, 0.05) is 7.11 Å². The van der Waals surface area contributed by atoms with Gasteiger partial charge >= 0.3 is 0 Å². The third kappa shape index (κ3) is 2.77. The van der Waals surface area contributed by atoms with Gasteiger partial charge in [0.05, 0.1) is 29.6 Å². The number of aryl methyl sites for hydroxylation is 1. The summed E-state index contributed by atoms with van der Waals surface area (Å²) in [5.41, 5.74) is 3.38. The van der Waals surface area contributed by atoms with E-state index >= 15 is 0 Å². The van der Waals surface area contributed by atoms with Crippen LogP contribution in [0.2, 0.25) is 0 Å². The van der Waals surface area contributed by atoms with Gasteiger partial charge in [0.1, 0.15) is 5.82 Å². The topological polar surface area (TPSA) is 27.1 Å². The van der Waals surface area contributed by atoms with Crippen molar-refractivity contribution in [2.24, 2.45) is 5.92 Å². The molecule has 0 saturated heterocycles. The Balaban J connectivity index is 2.63. The molecule has 1 atom stereocenters. The molecule has 0 bridgehead atoms. The Morgan fingerprint density at radius 2 is 2.11 bits per heavy atom. The zero-order chi connectivity index (χ0) is 14.0. The Labute approximate surface area is 119 Å². The van der Waals surface area contributed by atoms with E-state index in [0.29, 0.717) is 18.4 Å². The molecule has 0 spiro atoms. The molecule has 0 aliphatic rings. The van der Waals surface area contributed by atoms with E-state index in [1.807, 2.05) is 0 Å². The first kappa shape index (κ1) is 14.4. The van der Waals surface area contributed by atoms with Crippen LogP contribution in [-0.4, -0.2) is 23.3 Å². The summed E-state index contributed by atoms with van der Waals surface area (Å²) in [4.78, 5) is 4.63. The average molecular weight is 281 g/mol. The van der Waals surface area contributed by atoms with Crippen LogP contribution < -0.4 is 0 Å². The van der Waals surface area contributed by atoms with Crippen molar-refractivity contribution in [2.75, 3.05) is 13.7 Å². The van der Waals surface area contributed by atoms with Gasteiger partial charge < -0.3 is 9.30 Å². The molecule has 1 aromatic heterocycles. The predicted octanol–water partition coefficient (Wildman–Crippen LogP) is 3.93. The largest absolute Gasteiger partial charge is 0.383 e. The number of imidazole rings is 1. The van der Waals surface area contributed by atoms with Crippen LogP contribution in [-0.2, 0) is 10.6 Å². The number of rotatable bonds is 5. The van der Waals surface area contributed by atoms with E-state index in [0.717, 1.165) is 16.9 Å². The second-order valence-electron chi connectivity index (χ2n) is 5.29. The fourth-order valence-electron chi connectivity index (χ4n) is 2.45. The highest BCUT2D eigenvalue weighted by Crippen LogP contribution is 2.28. The molecule has 3 nitrogen and oxygen atoms in total. The molecule has 1 aromatic carbocycles. The first-order valence-corrected chi connectivity index (χ1v) is 7.14. The van der Waals surface area contributed by atoms with Gasteiger partial charge in [-0.05, 0) is 30.5 Å². The molecule has 0 aliphatic heterocycles. The number of aromatic nitrogens is 2. The summed E-state index contributed by atoms with van der Waals surface area (Å²) < 4.78 is 7.62. The minimum atomic E-state index is 0.255. The van der Waals surface area contributed by atoms with Crippen molar-refractivity contribution in [2.45, 2.75) is 32.7 Å². The lowest BCUT2D eigenvalue weighted by molar-refractivity contribution is 0.134. The molecule has 19 heavy (non-hydrogen) atoms. The van der Waals surface area contributed by atoms with Crippen LogP contribution in [0.5, 0.6) is 0 Å². The number of halogens is 1. The molecule has 1 heterocycles. The first-order valence-electron chi connectivity index (χ1n) is 6.60. The van der Waals surface area contributed by atoms with Crippen LogP contribution in [0.4, 0.5) is 0 Å². The van der Waals surface area contributed by atoms with Gasteiger partial charge in [0.25, 0.3) is 0 Å². The van der Waals surface area contributed by atoms with Crippen molar-refractivity contribution < 1.29 is 4.74 Å². The summed E-state index contributed by atoms with van der Waals surface area (Å²) in [6, 6.07) is 6.56. The molecule has 0 saturated carbocycles. The average Bonchev–Trinajstić information content (AvgIpc) is 2.73. The summed E-state index contributed by atoms with van der Waals surface area (Å²) in [7, 11) is 1.74. The van der Waals surface area contributed by atoms with E-state index in [1.54, 1.807) is 7.11 Å².